The van der Waals surface area contributed by atoms with E-state index in [0.717, 1.165) is 23.5 Å². The molecule has 2 amide bonds. The molecule has 0 spiro atoms. The van der Waals surface area contributed by atoms with Crippen molar-refractivity contribution in [2.75, 3.05) is 14.2 Å². The Balaban J connectivity index is 2.92. The number of hydroxylamine groups is 2. The number of amides is 2. The quantitative estimate of drug-likeness (QED) is 0.410. The van der Waals surface area contributed by atoms with E-state index >= 15 is 0 Å². The topological polar surface area (TPSA) is 94.2 Å². The van der Waals surface area contributed by atoms with E-state index in [1.54, 1.807) is 0 Å². The van der Waals surface area contributed by atoms with Crippen LogP contribution >= 0.6 is 0 Å². The van der Waals surface area contributed by atoms with Crippen LogP contribution in [-0.4, -0.2) is 49.3 Å². The van der Waals surface area contributed by atoms with Crippen LogP contribution in [-0.2, 0) is 30.5 Å². The van der Waals surface area contributed by atoms with Gasteiger partial charge in [-0.3, -0.25) is 9.63 Å². The van der Waals surface area contributed by atoms with E-state index in [1.807, 2.05) is 51.1 Å². The Kier molecular flexibility index (Phi) is 11.5. The zero-order valence-corrected chi connectivity index (χ0v) is 18.6. The van der Waals surface area contributed by atoms with Gasteiger partial charge in [-0.15, -0.1) is 0 Å². The van der Waals surface area contributed by atoms with Crippen LogP contribution in [0.3, 0.4) is 0 Å². The van der Waals surface area contributed by atoms with E-state index in [0.29, 0.717) is 12.8 Å². The fraction of sp³-hybridized carbons (Fsp3) is 0.591. The molecule has 1 rings (SSSR count). The van der Waals surface area contributed by atoms with Crippen LogP contribution in [0.2, 0.25) is 0 Å². The zero-order chi connectivity index (χ0) is 22.5. The predicted molar refractivity (Wildman–Crippen MR) is 112 cm³/mol. The molecule has 0 radical (unpaired) electrons. The highest BCUT2D eigenvalue weighted by Gasteiger charge is 2.34. The highest BCUT2D eigenvalue weighted by molar-refractivity contribution is 5.89. The number of carbonyl (C=O) groups is 3. The number of esters is 1. The maximum atomic E-state index is 13.0. The highest BCUT2D eigenvalue weighted by Crippen LogP contribution is 2.16. The van der Waals surface area contributed by atoms with Crippen molar-refractivity contribution in [3.63, 3.8) is 0 Å². The smallest absolute Gasteiger partial charge is 0.435 e. The molecular weight excluding hydrogens is 388 g/mol. The summed E-state index contributed by atoms with van der Waals surface area (Å²) >= 11 is 0. The SMILES string of the molecule is CCCC[C@H](NC(=O)[C@H](CC(C)C)N(OC)C(=O)OCc1ccccc1)C(=O)OC. The van der Waals surface area contributed by atoms with Crippen LogP contribution in [0.4, 0.5) is 4.79 Å². The number of hydrogen-bond donors (Lipinski definition) is 1. The molecule has 0 aliphatic heterocycles. The summed E-state index contributed by atoms with van der Waals surface area (Å²) in [5.41, 5.74) is 0.817. The average molecular weight is 423 g/mol. The Morgan fingerprint density at radius 1 is 1.10 bits per heavy atom. The summed E-state index contributed by atoms with van der Waals surface area (Å²) in [7, 11) is 2.58. The van der Waals surface area contributed by atoms with Crippen molar-refractivity contribution in [1.82, 2.24) is 10.4 Å². The molecule has 1 N–H and O–H groups in total. The van der Waals surface area contributed by atoms with Crippen molar-refractivity contribution in [2.24, 2.45) is 5.92 Å². The lowest BCUT2D eigenvalue weighted by molar-refractivity contribution is -0.163. The van der Waals surface area contributed by atoms with Gasteiger partial charge in [0.25, 0.3) is 0 Å². The zero-order valence-electron chi connectivity index (χ0n) is 18.6. The van der Waals surface area contributed by atoms with Crippen molar-refractivity contribution in [3.05, 3.63) is 35.9 Å². The Hall–Kier alpha value is -2.61. The van der Waals surface area contributed by atoms with E-state index < -0.39 is 30.1 Å². The van der Waals surface area contributed by atoms with Gasteiger partial charge in [0.1, 0.15) is 18.7 Å². The van der Waals surface area contributed by atoms with Crippen LogP contribution in [0.15, 0.2) is 30.3 Å². The van der Waals surface area contributed by atoms with E-state index in [1.165, 1.54) is 14.2 Å². The molecule has 8 nitrogen and oxygen atoms in total. The van der Waals surface area contributed by atoms with Gasteiger partial charge in [0.05, 0.1) is 14.2 Å². The number of rotatable bonds is 12. The molecular formula is C22H34N2O6. The molecule has 0 heterocycles. The van der Waals surface area contributed by atoms with Crippen LogP contribution in [0.25, 0.3) is 0 Å². The van der Waals surface area contributed by atoms with E-state index in [9.17, 15) is 14.4 Å². The monoisotopic (exact) mass is 422 g/mol. The Morgan fingerprint density at radius 3 is 2.30 bits per heavy atom. The third kappa shape index (κ3) is 8.41. The second kappa shape index (κ2) is 13.6. The van der Waals surface area contributed by atoms with Crippen LogP contribution in [0, 0.1) is 5.92 Å². The Bertz CT molecular complexity index is 665. The number of nitrogens with one attached hydrogen (secondary N) is 1. The third-order valence-electron chi connectivity index (χ3n) is 4.51. The van der Waals surface area contributed by atoms with Gasteiger partial charge in [-0.25, -0.2) is 9.59 Å². The molecule has 0 aromatic heterocycles. The minimum Gasteiger partial charge on any atom is -0.467 e. The van der Waals surface area contributed by atoms with Gasteiger partial charge < -0.3 is 14.8 Å². The molecule has 1 aromatic rings. The van der Waals surface area contributed by atoms with Crippen LogP contribution in [0.1, 0.15) is 52.0 Å². The van der Waals surface area contributed by atoms with Crippen LogP contribution < -0.4 is 5.32 Å². The van der Waals surface area contributed by atoms with Crippen molar-refractivity contribution in [3.8, 4) is 0 Å². The Labute approximate surface area is 178 Å². The molecule has 0 unspecified atom stereocenters. The highest BCUT2D eigenvalue weighted by atomic mass is 16.7. The van der Waals surface area contributed by atoms with Gasteiger partial charge in [0.15, 0.2) is 0 Å². The first-order valence-corrected chi connectivity index (χ1v) is 10.3. The van der Waals surface area contributed by atoms with E-state index in [4.69, 9.17) is 14.3 Å². The van der Waals surface area contributed by atoms with E-state index in [2.05, 4.69) is 5.32 Å². The summed E-state index contributed by atoms with van der Waals surface area (Å²) in [6.45, 7) is 5.90. The lowest BCUT2D eigenvalue weighted by Gasteiger charge is -2.30. The maximum Gasteiger partial charge on any atom is 0.435 e. The van der Waals surface area contributed by atoms with Crippen LogP contribution in [0.5, 0.6) is 0 Å². The minimum absolute atomic E-state index is 0.0524. The summed E-state index contributed by atoms with van der Waals surface area (Å²) in [5, 5.41) is 3.63. The van der Waals surface area contributed by atoms with Gasteiger partial charge in [0, 0.05) is 0 Å². The van der Waals surface area contributed by atoms with Crippen molar-refractivity contribution >= 4 is 18.0 Å². The molecule has 168 valence electrons. The normalized spacial score (nSPS) is 12.7. The number of unbranched alkanes of at least 4 members (excludes halogenated alkanes) is 1. The number of hydrogen-bond acceptors (Lipinski definition) is 6. The largest absolute Gasteiger partial charge is 0.467 e. The summed E-state index contributed by atoms with van der Waals surface area (Å²) in [6.07, 6.45) is 1.64. The number of ether oxygens (including phenoxy) is 2. The molecule has 8 heteroatoms. The third-order valence-corrected chi connectivity index (χ3v) is 4.51. The Morgan fingerprint density at radius 2 is 1.77 bits per heavy atom. The fourth-order valence-corrected chi connectivity index (χ4v) is 2.94. The minimum atomic E-state index is -0.952. The first kappa shape index (κ1) is 25.4. The van der Waals surface area contributed by atoms with Crippen molar-refractivity contribution < 1.29 is 28.7 Å². The lowest BCUT2D eigenvalue weighted by Crippen LogP contribution is -2.53. The summed E-state index contributed by atoms with van der Waals surface area (Å²) in [4.78, 5) is 42.9. The second-order valence-corrected chi connectivity index (χ2v) is 7.42. The summed E-state index contributed by atoms with van der Waals surface area (Å²) in [6, 6.07) is 7.48. The summed E-state index contributed by atoms with van der Waals surface area (Å²) in [5.74, 6) is -0.919. The number of nitrogens with zero attached hydrogens (tertiary/aromatic N) is 1. The summed E-state index contributed by atoms with van der Waals surface area (Å²) < 4.78 is 10.1. The molecule has 0 fully saturated rings. The molecule has 0 saturated heterocycles. The van der Waals surface area contributed by atoms with Gasteiger partial charge in [-0.1, -0.05) is 63.9 Å². The lowest BCUT2D eigenvalue weighted by atomic mass is 10.0. The average Bonchev–Trinajstić information content (AvgIpc) is 2.74. The van der Waals surface area contributed by atoms with Crippen molar-refractivity contribution in [1.29, 1.82) is 0 Å². The first-order chi connectivity index (χ1) is 14.3. The van der Waals surface area contributed by atoms with Gasteiger partial charge >= 0.3 is 12.1 Å². The number of carbonyl (C=O) groups excluding carboxylic acids is 3. The van der Waals surface area contributed by atoms with Gasteiger partial charge in [0.2, 0.25) is 5.91 Å². The van der Waals surface area contributed by atoms with Crippen molar-refractivity contribution in [2.45, 2.75) is 65.1 Å². The molecule has 1 aromatic carbocycles. The molecule has 0 saturated carbocycles. The molecule has 0 bridgehead atoms. The number of benzene rings is 1. The molecule has 0 aliphatic carbocycles. The first-order valence-electron chi connectivity index (χ1n) is 10.3. The molecule has 2 atom stereocenters. The molecule has 30 heavy (non-hydrogen) atoms. The molecule has 0 aliphatic rings. The fourth-order valence-electron chi connectivity index (χ4n) is 2.94. The number of methoxy groups -OCH3 is 1. The van der Waals surface area contributed by atoms with E-state index in [-0.39, 0.29) is 12.5 Å². The predicted octanol–water partition coefficient (Wildman–Crippen LogP) is 3.45. The standard InChI is InChI=1S/C22H34N2O6/c1-6-7-13-18(21(26)28-4)23-20(25)19(14-16(2)3)24(29-5)22(27)30-15-17-11-9-8-10-12-17/h8-12,16,18-19H,6-7,13-15H2,1-5H3,(H,23,25)/t18-,19-/m0/s1. The second-order valence-electron chi connectivity index (χ2n) is 7.42. The van der Waals surface area contributed by atoms with Gasteiger partial charge in [-0.05, 0) is 24.3 Å². The van der Waals surface area contributed by atoms with Gasteiger partial charge in [-0.2, -0.15) is 5.06 Å². The maximum absolute atomic E-state index is 13.0.